The van der Waals surface area contributed by atoms with E-state index in [4.69, 9.17) is 4.74 Å². The van der Waals surface area contributed by atoms with E-state index in [9.17, 15) is 0 Å². The van der Waals surface area contributed by atoms with Gasteiger partial charge in [0.2, 0.25) is 0 Å². The average Bonchev–Trinajstić information content (AvgIpc) is 3.01. The second-order valence-corrected chi connectivity index (χ2v) is 9.57. The third-order valence-corrected chi connectivity index (χ3v) is 7.09. The highest BCUT2D eigenvalue weighted by Gasteiger charge is 2.39. The fraction of sp³-hybridized carbons (Fsp3) is 0.522. The number of ether oxygens (including phenoxy) is 1. The Balaban J connectivity index is 1.28. The van der Waals surface area contributed by atoms with Gasteiger partial charge >= 0.3 is 0 Å². The van der Waals surface area contributed by atoms with Crippen LogP contribution in [0.15, 0.2) is 24.4 Å². The van der Waals surface area contributed by atoms with Gasteiger partial charge in [-0.3, -0.25) is 0 Å². The van der Waals surface area contributed by atoms with Crippen LogP contribution in [0.3, 0.4) is 0 Å². The number of hydrogen-bond donors (Lipinski definition) is 1. The number of benzene rings is 1. The van der Waals surface area contributed by atoms with E-state index in [0.29, 0.717) is 29.6 Å². The van der Waals surface area contributed by atoms with Gasteiger partial charge in [-0.05, 0) is 49.8 Å². The summed E-state index contributed by atoms with van der Waals surface area (Å²) in [6.07, 6.45) is 3.48. The lowest BCUT2D eigenvalue weighted by atomic mass is 10.0. The van der Waals surface area contributed by atoms with Crippen LogP contribution in [0.4, 0.5) is 14.6 Å². The molecule has 1 aliphatic carbocycles. The van der Waals surface area contributed by atoms with Crippen molar-refractivity contribution in [3.05, 3.63) is 36.0 Å². The van der Waals surface area contributed by atoms with Crippen molar-refractivity contribution >= 4 is 11.6 Å². The van der Waals surface area contributed by atoms with Crippen molar-refractivity contribution < 1.29 is 13.5 Å². The maximum absolute atomic E-state index is 15.0. The fourth-order valence-electron chi connectivity index (χ4n) is 5.32. The summed E-state index contributed by atoms with van der Waals surface area (Å²) in [5, 5.41) is 7.79. The smallest absolute Gasteiger partial charge is 0.254 e. The molecule has 4 heterocycles. The van der Waals surface area contributed by atoms with Gasteiger partial charge < -0.3 is 15.0 Å². The van der Waals surface area contributed by atoms with Gasteiger partial charge in [-0.2, -0.15) is 9.50 Å². The van der Waals surface area contributed by atoms with E-state index < -0.39 is 11.6 Å². The van der Waals surface area contributed by atoms with Crippen LogP contribution in [0.25, 0.3) is 17.2 Å². The number of fused-ring (bicyclic) bond motifs is 2. The number of anilines is 1. The molecule has 32 heavy (non-hydrogen) atoms. The van der Waals surface area contributed by atoms with Crippen molar-refractivity contribution in [2.75, 3.05) is 24.5 Å². The van der Waals surface area contributed by atoms with Crippen molar-refractivity contribution in [3.63, 3.8) is 0 Å². The third-order valence-electron chi connectivity index (χ3n) is 7.09. The summed E-state index contributed by atoms with van der Waals surface area (Å²) in [6, 6.07) is 4.75. The molecule has 3 fully saturated rings. The molecule has 6 rings (SSSR count). The zero-order chi connectivity index (χ0) is 22.0. The lowest BCUT2D eigenvalue weighted by Crippen LogP contribution is -2.18. The summed E-state index contributed by atoms with van der Waals surface area (Å²) in [4.78, 5) is 10.7. The number of aromatic nitrogens is 4. The van der Waals surface area contributed by atoms with Crippen LogP contribution in [0.2, 0.25) is 0 Å². The summed E-state index contributed by atoms with van der Waals surface area (Å²) < 4.78 is 37.5. The molecule has 1 aromatic carbocycles. The fourth-order valence-corrected chi connectivity index (χ4v) is 5.32. The summed E-state index contributed by atoms with van der Waals surface area (Å²) in [7, 11) is 0. The number of rotatable bonds is 5. The first-order chi connectivity index (χ1) is 15.5. The number of nitrogens with zero attached hydrogens (tertiary/aromatic N) is 5. The highest BCUT2D eigenvalue weighted by Crippen LogP contribution is 2.38. The van der Waals surface area contributed by atoms with Crippen LogP contribution in [-0.4, -0.2) is 51.4 Å². The van der Waals surface area contributed by atoms with Crippen LogP contribution in [-0.2, 0) is 0 Å². The minimum atomic E-state index is -0.732. The zero-order valence-corrected chi connectivity index (χ0v) is 18.1. The van der Waals surface area contributed by atoms with E-state index in [1.54, 1.807) is 10.7 Å². The predicted octanol–water partition coefficient (Wildman–Crippen LogP) is 3.29. The van der Waals surface area contributed by atoms with E-state index in [0.717, 1.165) is 38.3 Å². The molecule has 2 aliphatic heterocycles. The molecule has 9 heteroatoms. The standard InChI is InChI=1S/C23H26F2N6O/c1-12(2)19-11-30(19)20-3-4-27-23-28-22(29-31(20)23)21-17(24)7-16(8-18(21)25)32-15-5-13-9-26-10-14(13)6-15/h3-4,7-8,12-15,19,26H,5-6,9-11H2,1-2H3/t13?,14?,15?,19-,30?/m0/s1. The van der Waals surface area contributed by atoms with Crippen LogP contribution >= 0.6 is 0 Å². The molecule has 3 aromatic rings. The van der Waals surface area contributed by atoms with Crippen molar-refractivity contribution in [2.24, 2.45) is 17.8 Å². The lowest BCUT2D eigenvalue weighted by Gasteiger charge is -2.15. The van der Waals surface area contributed by atoms with Gasteiger partial charge in [-0.25, -0.2) is 13.8 Å². The van der Waals surface area contributed by atoms with Crippen molar-refractivity contribution in [1.29, 1.82) is 0 Å². The molecule has 0 spiro atoms. The minimum absolute atomic E-state index is 0.00155. The predicted molar refractivity (Wildman–Crippen MR) is 116 cm³/mol. The Bertz CT molecular complexity index is 1150. The molecule has 2 unspecified atom stereocenters. The molecule has 1 saturated carbocycles. The Labute approximate surface area is 184 Å². The van der Waals surface area contributed by atoms with E-state index >= 15 is 8.78 Å². The van der Waals surface area contributed by atoms with E-state index in [1.807, 2.05) is 6.07 Å². The van der Waals surface area contributed by atoms with Gasteiger partial charge in [0.15, 0.2) is 5.82 Å². The van der Waals surface area contributed by atoms with Gasteiger partial charge in [0.1, 0.15) is 23.2 Å². The van der Waals surface area contributed by atoms with E-state index in [2.05, 4.69) is 39.1 Å². The van der Waals surface area contributed by atoms with Gasteiger partial charge in [0.25, 0.3) is 5.78 Å². The largest absolute Gasteiger partial charge is 0.490 e. The highest BCUT2D eigenvalue weighted by atomic mass is 19.1. The molecule has 3 atom stereocenters. The van der Waals surface area contributed by atoms with Crippen LogP contribution < -0.4 is 15.0 Å². The number of nitrogens with one attached hydrogen (secondary N) is 1. The molecule has 0 bridgehead atoms. The lowest BCUT2D eigenvalue weighted by molar-refractivity contribution is 0.198. The van der Waals surface area contributed by atoms with Gasteiger partial charge in [-0.15, -0.1) is 5.10 Å². The van der Waals surface area contributed by atoms with Crippen molar-refractivity contribution in [1.82, 2.24) is 24.9 Å². The molecule has 0 radical (unpaired) electrons. The monoisotopic (exact) mass is 440 g/mol. The third kappa shape index (κ3) is 3.30. The first kappa shape index (κ1) is 19.8. The molecule has 7 nitrogen and oxygen atoms in total. The number of hydrogen-bond acceptors (Lipinski definition) is 6. The molecular formula is C23H26F2N6O. The zero-order valence-electron chi connectivity index (χ0n) is 18.1. The second kappa shape index (κ2) is 7.37. The van der Waals surface area contributed by atoms with Crippen molar-refractivity contribution in [3.8, 4) is 17.1 Å². The molecule has 2 saturated heterocycles. The Morgan fingerprint density at radius 3 is 2.50 bits per heavy atom. The molecule has 1 N–H and O–H groups in total. The van der Waals surface area contributed by atoms with E-state index in [-0.39, 0.29) is 23.2 Å². The Hall–Kier alpha value is -2.81. The summed E-state index contributed by atoms with van der Waals surface area (Å²) in [5.41, 5.74) is -0.257. The first-order valence-corrected chi connectivity index (χ1v) is 11.3. The molecule has 168 valence electrons. The van der Waals surface area contributed by atoms with Crippen LogP contribution in [0.1, 0.15) is 26.7 Å². The Morgan fingerprint density at radius 2 is 1.84 bits per heavy atom. The van der Waals surface area contributed by atoms with Crippen molar-refractivity contribution in [2.45, 2.75) is 38.8 Å². The average molecular weight is 440 g/mol. The topological polar surface area (TPSA) is 67.3 Å². The van der Waals surface area contributed by atoms with Crippen LogP contribution in [0.5, 0.6) is 5.75 Å². The highest BCUT2D eigenvalue weighted by molar-refractivity contribution is 5.62. The molecular weight excluding hydrogens is 414 g/mol. The maximum Gasteiger partial charge on any atom is 0.254 e. The SMILES string of the molecule is CC(C)[C@@H]1CN1c1ccnc2nc(-c3c(F)cc(OC4CC5CNCC5C4)cc3F)nn12. The van der Waals surface area contributed by atoms with Gasteiger partial charge in [-0.1, -0.05) is 13.8 Å². The number of halogens is 2. The quantitative estimate of drug-likeness (QED) is 0.614. The molecule has 2 aromatic heterocycles. The summed E-state index contributed by atoms with van der Waals surface area (Å²) in [5.74, 6) is 1.56. The molecule has 3 aliphatic rings. The van der Waals surface area contributed by atoms with Gasteiger partial charge in [0.05, 0.1) is 17.7 Å². The summed E-state index contributed by atoms with van der Waals surface area (Å²) >= 11 is 0. The minimum Gasteiger partial charge on any atom is -0.490 e. The van der Waals surface area contributed by atoms with E-state index in [1.165, 1.54) is 12.1 Å². The Morgan fingerprint density at radius 1 is 1.12 bits per heavy atom. The second-order valence-electron chi connectivity index (χ2n) is 9.57. The normalized spacial score (nSPS) is 26.8. The first-order valence-electron chi connectivity index (χ1n) is 11.3. The summed E-state index contributed by atoms with van der Waals surface area (Å²) in [6.45, 7) is 7.24. The Kier molecular flexibility index (Phi) is 4.57. The maximum atomic E-state index is 15.0. The van der Waals surface area contributed by atoms with Gasteiger partial charge in [0, 0.05) is 24.9 Å². The van der Waals surface area contributed by atoms with Crippen LogP contribution in [0, 0.1) is 29.4 Å². The molecule has 0 amide bonds.